The Morgan fingerprint density at radius 1 is 1.33 bits per heavy atom. The number of benzene rings is 1. The molecule has 0 fully saturated rings. The van der Waals surface area contributed by atoms with E-state index in [0.717, 1.165) is 5.69 Å². The van der Waals surface area contributed by atoms with Crippen LogP contribution in [0.5, 0.6) is 0 Å². The predicted octanol–water partition coefficient (Wildman–Crippen LogP) is 2.78. The SMILES string of the molecule is Cc1cccc(NC(CN)C(C)(C)C)c1. The minimum Gasteiger partial charge on any atom is -0.381 e. The molecule has 3 N–H and O–H groups in total. The Labute approximate surface area is 92.9 Å². The fourth-order valence-electron chi connectivity index (χ4n) is 1.57. The van der Waals surface area contributed by atoms with Gasteiger partial charge in [-0.25, -0.2) is 0 Å². The molecule has 1 aromatic rings. The molecule has 1 aromatic carbocycles. The fraction of sp³-hybridized carbons (Fsp3) is 0.538. The highest BCUT2D eigenvalue weighted by atomic mass is 15.0. The Morgan fingerprint density at radius 3 is 2.47 bits per heavy atom. The van der Waals surface area contributed by atoms with Gasteiger partial charge in [-0.1, -0.05) is 32.9 Å². The monoisotopic (exact) mass is 206 g/mol. The van der Waals surface area contributed by atoms with Gasteiger partial charge in [0.2, 0.25) is 0 Å². The average Bonchev–Trinajstić information content (AvgIpc) is 2.12. The summed E-state index contributed by atoms with van der Waals surface area (Å²) in [7, 11) is 0. The van der Waals surface area contributed by atoms with E-state index in [4.69, 9.17) is 5.73 Å². The van der Waals surface area contributed by atoms with Gasteiger partial charge in [0.15, 0.2) is 0 Å². The Bertz CT molecular complexity index is 313. The Kier molecular flexibility index (Phi) is 3.75. The second-order valence-electron chi connectivity index (χ2n) is 5.17. The van der Waals surface area contributed by atoms with Crippen LogP contribution in [0.15, 0.2) is 24.3 Å². The van der Waals surface area contributed by atoms with Crippen LogP contribution in [0.2, 0.25) is 0 Å². The van der Waals surface area contributed by atoms with E-state index in [0.29, 0.717) is 12.6 Å². The van der Waals surface area contributed by atoms with Crippen molar-refractivity contribution in [3.05, 3.63) is 29.8 Å². The van der Waals surface area contributed by atoms with Gasteiger partial charge in [-0.2, -0.15) is 0 Å². The zero-order valence-corrected chi connectivity index (χ0v) is 10.2. The molecule has 0 amide bonds. The lowest BCUT2D eigenvalue weighted by Crippen LogP contribution is -2.40. The molecule has 2 heteroatoms. The van der Waals surface area contributed by atoms with Crippen LogP contribution in [0.4, 0.5) is 5.69 Å². The molecule has 1 unspecified atom stereocenters. The van der Waals surface area contributed by atoms with Crippen molar-refractivity contribution in [2.75, 3.05) is 11.9 Å². The van der Waals surface area contributed by atoms with Crippen molar-refractivity contribution in [2.24, 2.45) is 11.1 Å². The Morgan fingerprint density at radius 2 is 2.00 bits per heavy atom. The number of nitrogens with one attached hydrogen (secondary N) is 1. The van der Waals surface area contributed by atoms with Crippen LogP contribution >= 0.6 is 0 Å². The number of anilines is 1. The molecule has 0 spiro atoms. The minimum atomic E-state index is 0.179. The lowest BCUT2D eigenvalue weighted by Gasteiger charge is -2.31. The summed E-state index contributed by atoms with van der Waals surface area (Å²) in [4.78, 5) is 0. The van der Waals surface area contributed by atoms with Gasteiger partial charge in [0.25, 0.3) is 0 Å². The standard InChI is InChI=1S/C13H22N2/c1-10-6-5-7-11(8-10)15-12(9-14)13(2,3)4/h5-8,12,15H,9,14H2,1-4H3. The van der Waals surface area contributed by atoms with Crippen LogP contribution in [0.1, 0.15) is 26.3 Å². The molecule has 0 saturated carbocycles. The van der Waals surface area contributed by atoms with Gasteiger partial charge in [0.1, 0.15) is 0 Å². The van der Waals surface area contributed by atoms with Gasteiger partial charge in [-0.05, 0) is 30.0 Å². The number of hydrogen-bond acceptors (Lipinski definition) is 2. The number of hydrogen-bond donors (Lipinski definition) is 2. The van der Waals surface area contributed by atoms with Gasteiger partial charge < -0.3 is 11.1 Å². The van der Waals surface area contributed by atoms with Crippen LogP contribution in [-0.4, -0.2) is 12.6 Å². The van der Waals surface area contributed by atoms with Crippen LogP contribution in [-0.2, 0) is 0 Å². The fourth-order valence-corrected chi connectivity index (χ4v) is 1.57. The summed E-state index contributed by atoms with van der Waals surface area (Å²) in [5, 5.41) is 3.48. The van der Waals surface area contributed by atoms with Crippen LogP contribution < -0.4 is 11.1 Å². The van der Waals surface area contributed by atoms with E-state index in [1.165, 1.54) is 5.56 Å². The molecule has 0 heterocycles. The van der Waals surface area contributed by atoms with Gasteiger partial charge in [-0.15, -0.1) is 0 Å². The maximum absolute atomic E-state index is 5.78. The van der Waals surface area contributed by atoms with Crippen molar-refractivity contribution in [3.8, 4) is 0 Å². The van der Waals surface area contributed by atoms with E-state index < -0.39 is 0 Å². The summed E-state index contributed by atoms with van der Waals surface area (Å²) >= 11 is 0. The molecule has 0 bridgehead atoms. The highest BCUT2D eigenvalue weighted by Crippen LogP contribution is 2.22. The van der Waals surface area contributed by atoms with Crippen molar-refractivity contribution < 1.29 is 0 Å². The van der Waals surface area contributed by atoms with Gasteiger partial charge in [-0.3, -0.25) is 0 Å². The molecule has 0 radical (unpaired) electrons. The normalized spacial score (nSPS) is 13.7. The van der Waals surface area contributed by atoms with Crippen molar-refractivity contribution >= 4 is 5.69 Å². The molecule has 1 rings (SSSR count). The molecule has 1 atom stereocenters. The molecule has 15 heavy (non-hydrogen) atoms. The molecule has 0 aliphatic heterocycles. The zero-order valence-electron chi connectivity index (χ0n) is 10.2. The summed E-state index contributed by atoms with van der Waals surface area (Å²) in [6.45, 7) is 9.35. The second-order valence-corrected chi connectivity index (χ2v) is 5.17. The van der Waals surface area contributed by atoms with E-state index in [9.17, 15) is 0 Å². The molecule has 2 nitrogen and oxygen atoms in total. The van der Waals surface area contributed by atoms with E-state index in [1.54, 1.807) is 0 Å². The number of aryl methyl sites for hydroxylation is 1. The molecule has 0 aliphatic carbocycles. The van der Waals surface area contributed by atoms with E-state index in [2.05, 4.69) is 57.3 Å². The highest BCUT2D eigenvalue weighted by molar-refractivity contribution is 5.46. The highest BCUT2D eigenvalue weighted by Gasteiger charge is 2.22. The largest absolute Gasteiger partial charge is 0.381 e. The first-order valence-corrected chi connectivity index (χ1v) is 5.47. The topological polar surface area (TPSA) is 38.0 Å². The molecular weight excluding hydrogens is 184 g/mol. The van der Waals surface area contributed by atoms with Crippen LogP contribution in [0, 0.1) is 12.3 Å². The molecule has 0 saturated heterocycles. The van der Waals surface area contributed by atoms with E-state index in [1.807, 2.05) is 0 Å². The third-order valence-corrected chi connectivity index (χ3v) is 2.64. The number of rotatable bonds is 3. The lowest BCUT2D eigenvalue weighted by atomic mass is 9.86. The average molecular weight is 206 g/mol. The van der Waals surface area contributed by atoms with Gasteiger partial charge in [0, 0.05) is 18.3 Å². The quantitative estimate of drug-likeness (QED) is 0.798. The van der Waals surface area contributed by atoms with Crippen LogP contribution in [0.3, 0.4) is 0 Å². The van der Waals surface area contributed by atoms with Crippen LogP contribution in [0.25, 0.3) is 0 Å². The second kappa shape index (κ2) is 4.67. The summed E-state index contributed by atoms with van der Waals surface area (Å²) < 4.78 is 0. The van der Waals surface area contributed by atoms with Gasteiger partial charge >= 0.3 is 0 Å². The third-order valence-electron chi connectivity index (χ3n) is 2.64. The lowest BCUT2D eigenvalue weighted by molar-refractivity contribution is 0.346. The smallest absolute Gasteiger partial charge is 0.0432 e. The maximum atomic E-state index is 5.78. The third kappa shape index (κ3) is 3.56. The van der Waals surface area contributed by atoms with Crippen molar-refractivity contribution in [1.29, 1.82) is 0 Å². The molecule has 84 valence electrons. The van der Waals surface area contributed by atoms with Crippen molar-refractivity contribution in [3.63, 3.8) is 0 Å². The number of nitrogens with two attached hydrogens (primary N) is 1. The molecular formula is C13H22N2. The summed E-state index contributed by atoms with van der Waals surface area (Å²) in [5.41, 5.74) is 8.38. The maximum Gasteiger partial charge on any atom is 0.0432 e. The predicted molar refractivity (Wildman–Crippen MR) is 67.1 cm³/mol. The Balaban J connectivity index is 2.76. The first-order valence-electron chi connectivity index (χ1n) is 5.47. The minimum absolute atomic E-state index is 0.179. The van der Waals surface area contributed by atoms with E-state index in [-0.39, 0.29) is 5.41 Å². The summed E-state index contributed by atoms with van der Waals surface area (Å²) in [6, 6.07) is 8.70. The molecule has 0 aliphatic rings. The van der Waals surface area contributed by atoms with Gasteiger partial charge in [0.05, 0.1) is 0 Å². The first kappa shape index (κ1) is 12.1. The summed E-state index contributed by atoms with van der Waals surface area (Å²) in [5.74, 6) is 0. The zero-order chi connectivity index (χ0) is 11.5. The first-order chi connectivity index (χ1) is 6.93. The molecule has 0 aromatic heterocycles. The summed E-state index contributed by atoms with van der Waals surface area (Å²) in [6.07, 6.45) is 0. The van der Waals surface area contributed by atoms with Crippen molar-refractivity contribution in [2.45, 2.75) is 33.7 Å². The van der Waals surface area contributed by atoms with Crippen molar-refractivity contribution in [1.82, 2.24) is 0 Å². The van der Waals surface area contributed by atoms with E-state index >= 15 is 0 Å². The Hall–Kier alpha value is -1.02.